The summed E-state index contributed by atoms with van der Waals surface area (Å²) in [6, 6.07) is 7.69. The normalized spacial score (nSPS) is 13.2. The van der Waals surface area contributed by atoms with E-state index in [4.69, 9.17) is 4.74 Å². The van der Waals surface area contributed by atoms with Crippen LogP contribution in [0.25, 0.3) is 0 Å². The molecule has 0 bridgehead atoms. The van der Waals surface area contributed by atoms with Crippen molar-refractivity contribution in [2.75, 3.05) is 13.2 Å². The number of esters is 1. The van der Waals surface area contributed by atoms with Crippen molar-refractivity contribution in [2.24, 2.45) is 0 Å². The Kier molecular flexibility index (Phi) is 9.68. The van der Waals surface area contributed by atoms with Crippen molar-refractivity contribution in [3.8, 4) is 0 Å². The van der Waals surface area contributed by atoms with Gasteiger partial charge in [-0.05, 0) is 31.9 Å². The Labute approximate surface area is 143 Å². The minimum absolute atomic E-state index is 0.217. The average Bonchev–Trinajstić information content (AvgIpc) is 2.57. The summed E-state index contributed by atoms with van der Waals surface area (Å²) in [4.78, 5) is 23.3. The second kappa shape index (κ2) is 11.6. The van der Waals surface area contributed by atoms with Crippen molar-refractivity contribution in [1.82, 2.24) is 5.32 Å². The van der Waals surface area contributed by atoms with E-state index in [0.717, 1.165) is 24.8 Å². The molecule has 0 saturated carbocycles. The minimum Gasteiger partial charge on any atom is -0.465 e. The third-order valence-corrected chi connectivity index (χ3v) is 3.91. The lowest BCUT2D eigenvalue weighted by molar-refractivity contribution is -0.525. The quantitative estimate of drug-likeness (QED) is 0.275. The molecular formula is C18H28N2O4. The van der Waals surface area contributed by atoms with Crippen LogP contribution in [-0.2, 0) is 16.0 Å². The Balaban J connectivity index is 2.74. The molecule has 1 aromatic rings. The van der Waals surface area contributed by atoms with Gasteiger partial charge in [-0.15, -0.1) is 0 Å². The van der Waals surface area contributed by atoms with E-state index in [1.54, 1.807) is 6.92 Å². The van der Waals surface area contributed by atoms with Crippen molar-refractivity contribution in [3.05, 3.63) is 46.0 Å². The Morgan fingerprint density at radius 3 is 2.54 bits per heavy atom. The van der Waals surface area contributed by atoms with Crippen LogP contribution in [0.1, 0.15) is 45.1 Å². The highest BCUT2D eigenvalue weighted by Crippen LogP contribution is 2.12. The van der Waals surface area contributed by atoms with Crippen LogP contribution in [0.15, 0.2) is 30.3 Å². The van der Waals surface area contributed by atoms with E-state index >= 15 is 0 Å². The molecule has 0 saturated heterocycles. The highest BCUT2D eigenvalue weighted by atomic mass is 16.6. The van der Waals surface area contributed by atoms with Crippen LogP contribution in [0.4, 0.5) is 0 Å². The van der Waals surface area contributed by atoms with E-state index < -0.39 is 18.1 Å². The summed E-state index contributed by atoms with van der Waals surface area (Å²) in [5.41, 5.74) is 1.03. The molecule has 0 amide bonds. The molecule has 6 nitrogen and oxygen atoms in total. The Bertz CT molecular complexity index is 493. The van der Waals surface area contributed by atoms with Crippen molar-refractivity contribution in [3.63, 3.8) is 0 Å². The zero-order valence-corrected chi connectivity index (χ0v) is 14.6. The molecule has 0 spiro atoms. The zero-order chi connectivity index (χ0) is 17.8. The van der Waals surface area contributed by atoms with Gasteiger partial charge in [0.2, 0.25) is 6.04 Å². The van der Waals surface area contributed by atoms with Crippen LogP contribution in [-0.4, -0.2) is 36.1 Å². The third-order valence-electron chi connectivity index (χ3n) is 3.91. The number of hydrogen-bond donors (Lipinski definition) is 1. The monoisotopic (exact) mass is 336 g/mol. The summed E-state index contributed by atoms with van der Waals surface area (Å²) in [5.74, 6) is -0.538. The summed E-state index contributed by atoms with van der Waals surface area (Å²) in [6.07, 6.45) is 3.81. The fourth-order valence-corrected chi connectivity index (χ4v) is 2.59. The molecule has 134 valence electrons. The van der Waals surface area contributed by atoms with Crippen molar-refractivity contribution >= 4 is 5.97 Å². The number of aryl methyl sites for hydroxylation is 1. The maximum absolute atomic E-state index is 12.2. The van der Waals surface area contributed by atoms with Gasteiger partial charge in [-0.1, -0.05) is 50.1 Å². The van der Waals surface area contributed by atoms with E-state index in [-0.39, 0.29) is 11.5 Å². The fraction of sp³-hybridized carbons (Fsp3) is 0.611. The number of carbonyl (C=O) groups is 1. The first-order valence-electron chi connectivity index (χ1n) is 8.67. The maximum atomic E-state index is 12.2. The first-order valence-corrected chi connectivity index (χ1v) is 8.67. The molecule has 2 unspecified atom stereocenters. The van der Waals surface area contributed by atoms with E-state index in [2.05, 4.69) is 12.2 Å². The summed E-state index contributed by atoms with van der Waals surface area (Å²) in [6.45, 7) is 4.59. The largest absolute Gasteiger partial charge is 0.465 e. The smallest absolute Gasteiger partial charge is 0.330 e. The van der Waals surface area contributed by atoms with Gasteiger partial charge < -0.3 is 4.74 Å². The Morgan fingerprint density at radius 1 is 1.25 bits per heavy atom. The minimum atomic E-state index is -0.995. The lowest BCUT2D eigenvalue weighted by Crippen LogP contribution is -2.50. The van der Waals surface area contributed by atoms with Crippen LogP contribution < -0.4 is 5.32 Å². The van der Waals surface area contributed by atoms with Crippen molar-refractivity contribution in [2.45, 2.75) is 58.0 Å². The predicted octanol–water partition coefficient (Wildman–Crippen LogP) is 2.98. The summed E-state index contributed by atoms with van der Waals surface area (Å²) < 4.78 is 5.04. The molecule has 0 aromatic heterocycles. The molecule has 0 aliphatic rings. The van der Waals surface area contributed by atoms with Crippen molar-refractivity contribution < 1.29 is 14.5 Å². The lowest BCUT2D eigenvalue weighted by Gasteiger charge is -2.21. The number of carbonyl (C=O) groups excluding carboxylic acids is 1. The number of nitrogens with zero attached hydrogens (tertiary/aromatic N) is 1. The molecular weight excluding hydrogens is 308 g/mol. The Morgan fingerprint density at radius 2 is 1.96 bits per heavy atom. The van der Waals surface area contributed by atoms with E-state index in [1.807, 2.05) is 30.3 Å². The topological polar surface area (TPSA) is 81.5 Å². The van der Waals surface area contributed by atoms with Gasteiger partial charge in [0.15, 0.2) is 6.04 Å². The van der Waals surface area contributed by atoms with Gasteiger partial charge in [0.05, 0.1) is 6.61 Å². The number of benzene rings is 1. The van der Waals surface area contributed by atoms with Crippen LogP contribution in [0, 0.1) is 10.1 Å². The molecule has 0 aliphatic carbocycles. The van der Waals surface area contributed by atoms with Gasteiger partial charge in [-0.25, -0.2) is 0 Å². The molecule has 6 heteroatoms. The molecule has 0 fully saturated rings. The molecule has 0 radical (unpaired) electrons. The van der Waals surface area contributed by atoms with Gasteiger partial charge >= 0.3 is 5.97 Å². The second-order valence-corrected chi connectivity index (χ2v) is 5.77. The fourth-order valence-electron chi connectivity index (χ4n) is 2.59. The molecule has 1 N–H and O–H groups in total. The maximum Gasteiger partial charge on any atom is 0.330 e. The first-order chi connectivity index (χ1) is 11.6. The number of ether oxygens (including phenoxy) is 1. The van der Waals surface area contributed by atoms with Gasteiger partial charge in [0.25, 0.3) is 0 Å². The number of rotatable bonds is 12. The molecule has 1 rings (SSSR count). The first kappa shape index (κ1) is 20.1. The van der Waals surface area contributed by atoms with E-state index in [1.165, 1.54) is 0 Å². The van der Waals surface area contributed by atoms with Crippen LogP contribution in [0.3, 0.4) is 0 Å². The highest BCUT2D eigenvalue weighted by molar-refractivity contribution is 5.76. The average molecular weight is 336 g/mol. The number of hydrogen-bond acceptors (Lipinski definition) is 5. The van der Waals surface area contributed by atoms with E-state index in [0.29, 0.717) is 19.4 Å². The van der Waals surface area contributed by atoms with E-state index in [9.17, 15) is 14.9 Å². The van der Waals surface area contributed by atoms with Crippen LogP contribution in [0.2, 0.25) is 0 Å². The standard InChI is InChI=1S/C18H28N2O4/c1-3-5-9-14-19-17(18(21)24-4-2)16(20(22)23)13-12-15-10-7-6-8-11-15/h6-8,10-11,16-17,19H,3-5,9,12-14H2,1-2H3. The second-order valence-electron chi connectivity index (χ2n) is 5.77. The number of nitrogens with one attached hydrogen (secondary N) is 1. The zero-order valence-electron chi connectivity index (χ0n) is 14.6. The molecule has 0 heterocycles. The highest BCUT2D eigenvalue weighted by Gasteiger charge is 2.37. The number of nitro groups is 1. The van der Waals surface area contributed by atoms with Gasteiger partial charge in [-0.2, -0.15) is 0 Å². The van der Waals surface area contributed by atoms with Gasteiger partial charge in [0.1, 0.15) is 0 Å². The molecule has 1 aromatic carbocycles. The molecule has 24 heavy (non-hydrogen) atoms. The Hall–Kier alpha value is -1.95. The predicted molar refractivity (Wildman–Crippen MR) is 93.5 cm³/mol. The molecule has 0 aliphatic heterocycles. The lowest BCUT2D eigenvalue weighted by atomic mass is 9.99. The SMILES string of the molecule is CCCCCNC(C(=O)OCC)C(CCc1ccccc1)[N+](=O)[O-]. The van der Waals surface area contributed by atoms with Gasteiger partial charge in [-0.3, -0.25) is 20.2 Å². The summed E-state index contributed by atoms with van der Waals surface area (Å²) in [7, 11) is 0. The van der Waals surface area contributed by atoms with Crippen LogP contribution >= 0.6 is 0 Å². The third kappa shape index (κ3) is 7.08. The van der Waals surface area contributed by atoms with Crippen molar-refractivity contribution in [1.29, 1.82) is 0 Å². The van der Waals surface area contributed by atoms with Crippen LogP contribution in [0.5, 0.6) is 0 Å². The summed E-state index contributed by atoms with van der Waals surface area (Å²) in [5, 5.41) is 14.6. The molecule has 2 atom stereocenters. The number of unbranched alkanes of at least 4 members (excludes halogenated alkanes) is 2. The summed E-state index contributed by atoms with van der Waals surface area (Å²) >= 11 is 0. The van der Waals surface area contributed by atoms with Gasteiger partial charge in [0, 0.05) is 11.3 Å².